The summed E-state index contributed by atoms with van der Waals surface area (Å²) in [5.41, 5.74) is -0.178. The molecule has 0 saturated heterocycles. The minimum absolute atomic E-state index is 0.123. The number of hydrogen-bond acceptors (Lipinski definition) is 3. The minimum Gasteiger partial charge on any atom is -0.495 e. The highest BCUT2D eigenvalue weighted by atomic mass is 35.5. The van der Waals surface area contributed by atoms with Gasteiger partial charge in [-0.1, -0.05) is 11.6 Å². The standard InChI is InChI=1S/C13H10ClF3O4/c1-5-3-6-4-7(12(18)19)11(13(15,16)17)21-10(6)8(14)9(5)20-2/h3-4,11H,1-2H3,(H,18,19). The van der Waals surface area contributed by atoms with Crippen LogP contribution < -0.4 is 9.47 Å². The Bertz CT molecular complexity index is 637. The van der Waals surface area contributed by atoms with E-state index in [1.807, 2.05) is 0 Å². The molecular formula is C13H10ClF3O4. The summed E-state index contributed by atoms with van der Waals surface area (Å²) in [6.07, 6.45) is -6.53. The fourth-order valence-electron chi connectivity index (χ4n) is 2.09. The van der Waals surface area contributed by atoms with Gasteiger partial charge in [-0.05, 0) is 24.6 Å². The van der Waals surface area contributed by atoms with E-state index in [9.17, 15) is 18.0 Å². The van der Waals surface area contributed by atoms with Crippen molar-refractivity contribution in [2.24, 2.45) is 0 Å². The van der Waals surface area contributed by atoms with Gasteiger partial charge >= 0.3 is 12.1 Å². The van der Waals surface area contributed by atoms with Crippen molar-refractivity contribution >= 4 is 23.6 Å². The first-order valence-corrected chi connectivity index (χ1v) is 6.10. The maximum absolute atomic E-state index is 12.9. The first kappa shape index (κ1) is 15.5. The number of hydrogen-bond donors (Lipinski definition) is 1. The molecule has 1 aromatic rings. The Morgan fingerprint density at radius 3 is 2.57 bits per heavy atom. The Morgan fingerprint density at radius 2 is 2.10 bits per heavy atom. The number of rotatable bonds is 2. The lowest BCUT2D eigenvalue weighted by Gasteiger charge is -2.28. The zero-order valence-corrected chi connectivity index (χ0v) is 11.7. The molecule has 0 saturated carbocycles. The number of methoxy groups -OCH3 is 1. The lowest BCUT2D eigenvalue weighted by atomic mass is 9.99. The lowest BCUT2D eigenvalue weighted by molar-refractivity contribution is -0.187. The van der Waals surface area contributed by atoms with Gasteiger partial charge in [0.2, 0.25) is 6.10 Å². The topological polar surface area (TPSA) is 55.8 Å². The van der Waals surface area contributed by atoms with Crippen molar-refractivity contribution in [3.8, 4) is 11.5 Å². The van der Waals surface area contributed by atoms with E-state index >= 15 is 0 Å². The number of fused-ring (bicyclic) bond motifs is 1. The van der Waals surface area contributed by atoms with Gasteiger partial charge in [0.25, 0.3) is 0 Å². The van der Waals surface area contributed by atoms with Crippen molar-refractivity contribution in [2.45, 2.75) is 19.2 Å². The van der Waals surface area contributed by atoms with Crippen LogP contribution in [-0.4, -0.2) is 30.5 Å². The molecule has 114 valence electrons. The third kappa shape index (κ3) is 2.65. The van der Waals surface area contributed by atoms with Crippen LogP contribution in [0.15, 0.2) is 11.6 Å². The van der Waals surface area contributed by atoms with Crippen LogP contribution in [0.1, 0.15) is 11.1 Å². The largest absolute Gasteiger partial charge is 0.495 e. The van der Waals surface area contributed by atoms with Gasteiger partial charge in [-0.3, -0.25) is 0 Å². The van der Waals surface area contributed by atoms with E-state index in [0.29, 0.717) is 5.56 Å². The minimum atomic E-state index is -4.87. The van der Waals surface area contributed by atoms with Gasteiger partial charge in [-0.25, -0.2) is 4.79 Å². The number of carbonyl (C=O) groups is 1. The van der Waals surface area contributed by atoms with Crippen LogP contribution in [-0.2, 0) is 4.79 Å². The quantitative estimate of drug-likeness (QED) is 0.906. The maximum Gasteiger partial charge on any atom is 0.430 e. The number of aryl methyl sites for hydroxylation is 1. The van der Waals surface area contributed by atoms with Gasteiger partial charge in [0, 0.05) is 5.56 Å². The predicted molar refractivity (Wildman–Crippen MR) is 68.8 cm³/mol. The monoisotopic (exact) mass is 322 g/mol. The highest BCUT2D eigenvalue weighted by molar-refractivity contribution is 6.34. The SMILES string of the molecule is COc1c(C)cc2c(c1Cl)OC(C(F)(F)F)C(C(=O)O)=C2. The molecule has 1 aliphatic heterocycles. The number of carboxylic acid groups (broad SMARTS) is 1. The fraction of sp³-hybridized carbons (Fsp3) is 0.308. The number of carboxylic acids is 1. The maximum atomic E-state index is 12.9. The van der Waals surface area contributed by atoms with Crippen LogP contribution in [0.2, 0.25) is 5.02 Å². The van der Waals surface area contributed by atoms with E-state index in [4.69, 9.17) is 26.2 Å². The summed E-state index contributed by atoms with van der Waals surface area (Å²) < 4.78 is 48.6. The highest BCUT2D eigenvalue weighted by Crippen LogP contribution is 2.45. The second-order valence-electron chi connectivity index (χ2n) is 4.40. The molecule has 1 N–H and O–H groups in total. The van der Waals surface area contributed by atoms with Gasteiger partial charge in [-0.15, -0.1) is 0 Å². The van der Waals surface area contributed by atoms with Crippen molar-refractivity contribution in [1.82, 2.24) is 0 Å². The van der Waals surface area contributed by atoms with E-state index < -0.39 is 23.8 Å². The average Bonchev–Trinajstić information content (AvgIpc) is 2.36. The molecule has 21 heavy (non-hydrogen) atoms. The molecule has 8 heteroatoms. The van der Waals surface area contributed by atoms with Crippen LogP contribution >= 0.6 is 11.6 Å². The van der Waals surface area contributed by atoms with Gasteiger partial charge in [0.15, 0.2) is 0 Å². The van der Waals surface area contributed by atoms with Crippen molar-refractivity contribution in [1.29, 1.82) is 0 Å². The smallest absolute Gasteiger partial charge is 0.430 e. The van der Waals surface area contributed by atoms with E-state index in [1.54, 1.807) is 6.92 Å². The van der Waals surface area contributed by atoms with Crippen LogP contribution in [0.5, 0.6) is 11.5 Å². The molecule has 1 aromatic carbocycles. The van der Waals surface area contributed by atoms with Crippen LogP contribution in [0.3, 0.4) is 0 Å². The first-order chi connectivity index (χ1) is 9.66. The molecule has 1 unspecified atom stereocenters. The second-order valence-corrected chi connectivity index (χ2v) is 4.78. The summed E-state index contributed by atoms with van der Waals surface area (Å²) in [6.45, 7) is 1.63. The summed E-state index contributed by atoms with van der Waals surface area (Å²) in [4.78, 5) is 11.0. The Labute approximate surface area is 122 Å². The third-order valence-corrected chi connectivity index (χ3v) is 3.31. The summed E-state index contributed by atoms with van der Waals surface area (Å²) in [6, 6.07) is 1.45. The first-order valence-electron chi connectivity index (χ1n) is 5.72. The van der Waals surface area contributed by atoms with Crippen molar-refractivity contribution in [3.63, 3.8) is 0 Å². The Kier molecular flexibility index (Phi) is 3.79. The molecule has 1 atom stereocenters. The summed E-state index contributed by atoms with van der Waals surface area (Å²) in [5.74, 6) is -1.76. The van der Waals surface area contributed by atoms with Gasteiger partial charge < -0.3 is 14.6 Å². The molecule has 4 nitrogen and oxygen atoms in total. The van der Waals surface area contributed by atoms with Crippen molar-refractivity contribution in [2.75, 3.05) is 7.11 Å². The Balaban J connectivity index is 2.66. The zero-order chi connectivity index (χ0) is 15.9. The Morgan fingerprint density at radius 1 is 1.48 bits per heavy atom. The predicted octanol–water partition coefficient (Wildman–Crippen LogP) is 3.45. The lowest BCUT2D eigenvalue weighted by Crippen LogP contribution is -2.40. The molecule has 0 aliphatic carbocycles. The van der Waals surface area contributed by atoms with Crippen molar-refractivity contribution in [3.05, 3.63) is 27.8 Å². The molecule has 0 bridgehead atoms. The molecule has 0 fully saturated rings. The second kappa shape index (κ2) is 5.14. The van der Waals surface area contributed by atoms with E-state index in [2.05, 4.69) is 0 Å². The summed E-state index contributed by atoms with van der Waals surface area (Å²) >= 11 is 5.98. The van der Waals surface area contributed by atoms with Gasteiger partial charge in [0.05, 0.1) is 12.7 Å². The third-order valence-electron chi connectivity index (χ3n) is 2.97. The number of halogens is 4. The Hall–Kier alpha value is -1.89. The average molecular weight is 323 g/mol. The fourth-order valence-corrected chi connectivity index (χ4v) is 2.47. The number of aliphatic carboxylic acids is 1. The molecule has 0 radical (unpaired) electrons. The van der Waals surface area contributed by atoms with Crippen LogP contribution in [0, 0.1) is 6.92 Å². The number of benzene rings is 1. The van der Waals surface area contributed by atoms with E-state index in [-0.39, 0.29) is 22.1 Å². The van der Waals surface area contributed by atoms with Gasteiger partial charge in [0.1, 0.15) is 16.5 Å². The molecular weight excluding hydrogens is 313 g/mol. The number of alkyl halides is 3. The molecule has 0 spiro atoms. The molecule has 0 amide bonds. The van der Waals surface area contributed by atoms with Crippen LogP contribution in [0.4, 0.5) is 13.2 Å². The number of ether oxygens (including phenoxy) is 2. The molecule has 2 rings (SSSR count). The summed E-state index contributed by atoms with van der Waals surface area (Å²) in [5, 5.41) is 8.81. The normalized spacial score (nSPS) is 17.6. The van der Waals surface area contributed by atoms with E-state index in [0.717, 1.165) is 6.08 Å². The van der Waals surface area contributed by atoms with Crippen molar-refractivity contribution < 1.29 is 32.5 Å². The van der Waals surface area contributed by atoms with Gasteiger partial charge in [-0.2, -0.15) is 13.2 Å². The highest BCUT2D eigenvalue weighted by Gasteiger charge is 2.49. The molecule has 0 aromatic heterocycles. The molecule has 1 aliphatic rings. The van der Waals surface area contributed by atoms with Crippen LogP contribution in [0.25, 0.3) is 6.08 Å². The van der Waals surface area contributed by atoms with E-state index in [1.165, 1.54) is 13.2 Å². The molecule has 1 heterocycles. The summed E-state index contributed by atoms with van der Waals surface area (Å²) in [7, 11) is 1.32. The zero-order valence-electron chi connectivity index (χ0n) is 10.9.